The third kappa shape index (κ3) is 8.68. The second-order valence-electron chi connectivity index (χ2n) is 9.63. The normalized spacial score (nSPS) is 11.9. The fourth-order valence-corrected chi connectivity index (χ4v) is 5.57. The molecule has 0 spiro atoms. The number of rotatable bonds is 12. The molecule has 8 heteroatoms. The second kappa shape index (κ2) is 15.5. The Labute approximate surface area is 260 Å². The number of Topliss-reactive ketones (excluding diaryl/α,β-unsaturated/α-hetero) is 1. The highest BCUT2D eigenvalue weighted by atomic mass is 35.5. The van der Waals surface area contributed by atoms with Gasteiger partial charge in [-0.05, 0) is 47.9 Å². The maximum absolute atomic E-state index is 13.4. The van der Waals surface area contributed by atoms with E-state index in [1.165, 1.54) is 0 Å². The Morgan fingerprint density at radius 2 is 1.44 bits per heavy atom. The molecule has 2 amide bonds. The molecule has 0 heterocycles. The van der Waals surface area contributed by atoms with Gasteiger partial charge in [-0.1, -0.05) is 109 Å². The minimum atomic E-state index is -0.783. The summed E-state index contributed by atoms with van der Waals surface area (Å²) in [4.78, 5) is 39.7. The van der Waals surface area contributed by atoms with E-state index >= 15 is 0 Å². The fourth-order valence-electron chi connectivity index (χ4n) is 4.44. The van der Waals surface area contributed by atoms with Gasteiger partial charge in [0.15, 0.2) is 5.78 Å². The van der Waals surface area contributed by atoms with Crippen molar-refractivity contribution in [3.8, 4) is 6.07 Å². The first-order chi connectivity index (χ1) is 20.9. The van der Waals surface area contributed by atoms with Gasteiger partial charge in [-0.3, -0.25) is 14.4 Å². The van der Waals surface area contributed by atoms with Crippen molar-refractivity contribution in [3.05, 3.63) is 147 Å². The number of hydrogen-bond donors (Lipinski definition) is 2. The van der Waals surface area contributed by atoms with Crippen LogP contribution >= 0.6 is 23.4 Å². The molecular weight excluding hydrogens is 578 g/mol. The summed E-state index contributed by atoms with van der Waals surface area (Å²) in [5, 5.41) is 16.8. The number of amides is 2. The summed E-state index contributed by atoms with van der Waals surface area (Å²) < 4.78 is 0. The quantitative estimate of drug-likeness (QED) is 0.126. The lowest BCUT2D eigenvalue weighted by Gasteiger charge is -2.21. The number of ketones is 1. The van der Waals surface area contributed by atoms with Crippen molar-refractivity contribution in [3.63, 3.8) is 0 Å². The van der Waals surface area contributed by atoms with E-state index in [-0.39, 0.29) is 34.5 Å². The van der Waals surface area contributed by atoms with Gasteiger partial charge in [0.1, 0.15) is 0 Å². The molecule has 0 bridgehead atoms. The van der Waals surface area contributed by atoms with E-state index in [9.17, 15) is 19.6 Å². The summed E-state index contributed by atoms with van der Waals surface area (Å²) >= 11 is 7.62. The Hall–Kier alpha value is -4.64. The molecule has 4 rings (SSSR count). The van der Waals surface area contributed by atoms with Gasteiger partial charge in [-0.15, -0.1) is 0 Å². The number of halogens is 1. The van der Waals surface area contributed by atoms with Crippen LogP contribution in [0.15, 0.2) is 120 Å². The largest absolute Gasteiger partial charge is 0.325 e. The first kappa shape index (κ1) is 31.3. The number of carbonyl (C=O) groups is 3. The lowest BCUT2D eigenvalue weighted by atomic mass is 9.86. The lowest BCUT2D eigenvalue weighted by Crippen LogP contribution is -2.25. The van der Waals surface area contributed by atoms with Gasteiger partial charge >= 0.3 is 0 Å². The molecule has 1 atom stereocenters. The first-order valence-corrected chi connectivity index (χ1v) is 15.1. The molecule has 1 unspecified atom stereocenters. The molecule has 216 valence electrons. The van der Waals surface area contributed by atoms with E-state index in [1.807, 2.05) is 30.3 Å². The Kier molecular flexibility index (Phi) is 11.3. The summed E-state index contributed by atoms with van der Waals surface area (Å²) in [6, 6.07) is 34.1. The van der Waals surface area contributed by atoms with Crippen LogP contribution in [0.3, 0.4) is 0 Å². The molecule has 0 radical (unpaired) electrons. The molecule has 2 N–H and O–H groups in total. The van der Waals surface area contributed by atoms with Crippen LogP contribution in [0.25, 0.3) is 0 Å². The Balaban J connectivity index is 1.70. The van der Waals surface area contributed by atoms with Crippen LogP contribution in [0.4, 0.5) is 5.69 Å². The number of hydrogen-bond acceptors (Lipinski definition) is 5. The second-order valence-corrected chi connectivity index (χ2v) is 11.0. The van der Waals surface area contributed by atoms with Gasteiger partial charge in [-0.2, -0.15) is 5.26 Å². The zero-order chi connectivity index (χ0) is 30.6. The SMILES string of the molecule is CCc1ccc(NC(=O)CS/C(NC(=O)c2ccccc2)=C(\C#N)C(CC(=O)c2ccccc2)c2ccccc2Cl)cc1. The Bertz CT molecular complexity index is 1650. The molecule has 4 aromatic rings. The number of aryl methyl sites for hydroxylation is 1. The van der Waals surface area contributed by atoms with Crippen molar-refractivity contribution in [2.75, 3.05) is 11.1 Å². The summed E-state index contributed by atoms with van der Waals surface area (Å²) in [5.41, 5.74) is 3.37. The van der Waals surface area contributed by atoms with E-state index in [0.717, 1.165) is 23.7 Å². The number of anilines is 1. The summed E-state index contributed by atoms with van der Waals surface area (Å²) in [7, 11) is 0. The van der Waals surface area contributed by atoms with Crippen molar-refractivity contribution in [1.82, 2.24) is 5.32 Å². The van der Waals surface area contributed by atoms with Crippen LogP contribution in [-0.4, -0.2) is 23.4 Å². The monoisotopic (exact) mass is 607 g/mol. The van der Waals surface area contributed by atoms with Gasteiger partial charge < -0.3 is 10.6 Å². The van der Waals surface area contributed by atoms with E-state index in [4.69, 9.17) is 11.6 Å². The molecule has 43 heavy (non-hydrogen) atoms. The molecule has 0 aromatic heterocycles. The number of allylic oxidation sites excluding steroid dienone is 1. The predicted octanol–water partition coefficient (Wildman–Crippen LogP) is 7.80. The zero-order valence-electron chi connectivity index (χ0n) is 23.5. The van der Waals surface area contributed by atoms with Crippen LogP contribution in [-0.2, 0) is 11.2 Å². The molecule has 4 aromatic carbocycles. The van der Waals surface area contributed by atoms with Crippen molar-refractivity contribution in [2.24, 2.45) is 0 Å². The third-order valence-corrected chi connectivity index (χ3v) is 8.10. The van der Waals surface area contributed by atoms with Gasteiger partial charge in [0.2, 0.25) is 5.91 Å². The number of nitrogens with zero attached hydrogens (tertiary/aromatic N) is 1. The summed E-state index contributed by atoms with van der Waals surface area (Å²) in [6.45, 7) is 2.05. The topological polar surface area (TPSA) is 99.1 Å². The number of nitrogens with one attached hydrogen (secondary N) is 2. The van der Waals surface area contributed by atoms with E-state index in [1.54, 1.807) is 78.9 Å². The van der Waals surface area contributed by atoms with Crippen LogP contribution < -0.4 is 10.6 Å². The van der Waals surface area contributed by atoms with Crippen LogP contribution in [0.2, 0.25) is 5.02 Å². The van der Waals surface area contributed by atoms with Crippen LogP contribution in [0, 0.1) is 11.3 Å². The molecule has 0 fully saturated rings. The van der Waals surface area contributed by atoms with E-state index in [2.05, 4.69) is 23.6 Å². The van der Waals surface area contributed by atoms with Crippen molar-refractivity contribution in [2.45, 2.75) is 25.7 Å². The van der Waals surface area contributed by atoms with Crippen LogP contribution in [0.1, 0.15) is 51.1 Å². The fraction of sp³-hybridized carbons (Fsp3) is 0.143. The van der Waals surface area contributed by atoms with Crippen molar-refractivity contribution >= 4 is 46.6 Å². The highest BCUT2D eigenvalue weighted by Crippen LogP contribution is 2.37. The minimum Gasteiger partial charge on any atom is -0.325 e. The zero-order valence-corrected chi connectivity index (χ0v) is 25.1. The molecule has 0 saturated carbocycles. The minimum absolute atomic E-state index is 0.0715. The van der Waals surface area contributed by atoms with Gasteiger partial charge in [0.25, 0.3) is 5.91 Å². The summed E-state index contributed by atoms with van der Waals surface area (Å²) in [6.07, 6.45) is 0.813. The molecule has 0 aliphatic carbocycles. The smallest absolute Gasteiger partial charge is 0.256 e. The van der Waals surface area contributed by atoms with Gasteiger partial charge in [-0.25, -0.2) is 0 Å². The van der Waals surface area contributed by atoms with E-state index < -0.39 is 11.8 Å². The van der Waals surface area contributed by atoms with E-state index in [0.29, 0.717) is 27.4 Å². The average Bonchev–Trinajstić information content (AvgIpc) is 3.04. The average molecular weight is 608 g/mol. The highest BCUT2D eigenvalue weighted by molar-refractivity contribution is 8.03. The molecular formula is C35H30ClN3O3S. The molecule has 6 nitrogen and oxygen atoms in total. The third-order valence-electron chi connectivity index (χ3n) is 6.74. The Morgan fingerprint density at radius 3 is 2.05 bits per heavy atom. The number of thioether (sulfide) groups is 1. The Morgan fingerprint density at radius 1 is 0.837 bits per heavy atom. The lowest BCUT2D eigenvalue weighted by molar-refractivity contribution is -0.113. The van der Waals surface area contributed by atoms with Crippen LogP contribution in [0.5, 0.6) is 0 Å². The summed E-state index contributed by atoms with van der Waals surface area (Å²) in [5.74, 6) is -1.82. The molecule has 0 aliphatic heterocycles. The molecule has 0 saturated heterocycles. The number of carbonyl (C=O) groups excluding carboxylic acids is 3. The predicted molar refractivity (Wildman–Crippen MR) is 173 cm³/mol. The number of benzene rings is 4. The standard InChI is InChI=1S/C35H30ClN3O3S/c1-2-24-17-19-27(20-18-24)38-33(41)23-43-35(39-34(42)26-13-7-4-8-14-26)30(22-37)29(28-15-9-10-16-31(28)36)21-32(40)25-11-5-3-6-12-25/h3-20,29H,2,21,23H2,1H3,(H,38,41)(H,39,42)/b35-30+. The first-order valence-electron chi connectivity index (χ1n) is 13.7. The number of nitriles is 1. The maximum Gasteiger partial charge on any atom is 0.256 e. The molecule has 0 aliphatic rings. The maximum atomic E-state index is 13.4. The van der Waals surface area contributed by atoms with Gasteiger partial charge in [0, 0.05) is 34.2 Å². The van der Waals surface area contributed by atoms with Crippen molar-refractivity contribution < 1.29 is 14.4 Å². The highest BCUT2D eigenvalue weighted by Gasteiger charge is 2.28. The van der Waals surface area contributed by atoms with Crippen molar-refractivity contribution in [1.29, 1.82) is 5.26 Å². The van der Waals surface area contributed by atoms with Gasteiger partial charge in [0.05, 0.1) is 22.4 Å².